The number of hydrogen-bond donors (Lipinski definition) is 0. The van der Waals surface area contributed by atoms with Crippen LogP contribution in [-0.4, -0.2) is 48.8 Å². The Kier molecular flexibility index (Phi) is 4.06. The molecule has 1 aromatic heterocycles. The smallest absolute Gasteiger partial charge is 0.244 e. The van der Waals surface area contributed by atoms with Gasteiger partial charge in [-0.15, -0.1) is 11.3 Å². The minimum absolute atomic E-state index is 0.151. The second-order valence-electron chi connectivity index (χ2n) is 7.73. The number of aromatic nitrogens is 1. The summed E-state index contributed by atoms with van der Waals surface area (Å²) in [4.78, 5) is 4.73. The maximum Gasteiger partial charge on any atom is 0.244 e. The predicted octanol–water partition coefficient (Wildman–Crippen LogP) is 2.05. The average molecular weight is 440 g/mol. The number of benzene rings is 1. The summed E-state index contributed by atoms with van der Waals surface area (Å²) in [7, 11) is -7.09. The van der Waals surface area contributed by atoms with Crippen LogP contribution >= 0.6 is 11.3 Å². The SMILES string of the molecule is Cc1nc(CN2[C@@]3(CCN(S(=O)(=O)C4CC4)C3)c3ccccc3S2(=O)=O)cs1. The van der Waals surface area contributed by atoms with E-state index in [0.29, 0.717) is 37.1 Å². The minimum Gasteiger partial charge on any atom is -0.245 e. The van der Waals surface area contributed by atoms with Crippen LogP contribution in [0.5, 0.6) is 0 Å². The van der Waals surface area contributed by atoms with E-state index >= 15 is 0 Å². The van der Waals surface area contributed by atoms with E-state index in [-0.39, 0.29) is 23.2 Å². The highest BCUT2D eigenvalue weighted by Gasteiger charge is 2.59. The maximum atomic E-state index is 13.4. The summed E-state index contributed by atoms with van der Waals surface area (Å²) in [6.07, 6.45) is 1.85. The van der Waals surface area contributed by atoms with E-state index in [0.717, 1.165) is 5.01 Å². The van der Waals surface area contributed by atoms with Crippen LogP contribution < -0.4 is 0 Å². The zero-order chi connectivity index (χ0) is 19.7. The summed E-state index contributed by atoms with van der Waals surface area (Å²) in [5.74, 6) is 0. The van der Waals surface area contributed by atoms with Crippen molar-refractivity contribution >= 4 is 31.4 Å². The molecule has 1 saturated carbocycles. The first-order valence-electron chi connectivity index (χ1n) is 9.27. The van der Waals surface area contributed by atoms with E-state index in [4.69, 9.17) is 0 Å². The molecule has 0 bridgehead atoms. The van der Waals surface area contributed by atoms with Crippen LogP contribution in [0.4, 0.5) is 0 Å². The van der Waals surface area contributed by atoms with Crippen LogP contribution in [0.2, 0.25) is 0 Å². The van der Waals surface area contributed by atoms with Gasteiger partial charge in [0.15, 0.2) is 0 Å². The second-order valence-corrected chi connectivity index (χ2v) is 12.8. The van der Waals surface area contributed by atoms with Gasteiger partial charge >= 0.3 is 0 Å². The van der Waals surface area contributed by atoms with Gasteiger partial charge in [0.1, 0.15) is 0 Å². The molecule has 1 aliphatic carbocycles. The summed E-state index contributed by atoms with van der Waals surface area (Å²) in [6, 6.07) is 6.99. The van der Waals surface area contributed by atoms with Crippen molar-refractivity contribution in [2.45, 2.75) is 48.4 Å². The van der Waals surface area contributed by atoms with Gasteiger partial charge in [0, 0.05) is 18.5 Å². The largest absolute Gasteiger partial charge is 0.245 e. The first-order chi connectivity index (χ1) is 13.2. The number of nitrogens with zero attached hydrogens (tertiary/aromatic N) is 3. The zero-order valence-electron chi connectivity index (χ0n) is 15.4. The van der Waals surface area contributed by atoms with Gasteiger partial charge in [0.2, 0.25) is 20.0 Å². The Bertz CT molecular complexity index is 1150. The second kappa shape index (κ2) is 6.09. The van der Waals surface area contributed by atoms with E-state index in [9.17, 15) is 16.8 Å². The average Bonchev–Trinajstić information content (AvgIpc) is 3.26. The highest BCUT2D eigenvalue weighted by molar-refractivity contribution is 7.90. The van der Waals surface area contributed by atoms with Crippen LogP contribution in [0.15, 0.2) is 34.5 Å². The van der Waals surface area contributed by atoms with Gasteiger partial charge in [-0.2, -0.15) is 8.61 Å². The fourth-order valence-corrected chi connectivity index (χ4v) is 8.93. The van der Waals surface area contributed by atoms with Gasteiger partial charge < -0.3 is 0 Å². The highest BCUT2D eigenvalue weighted by Crippen LogP contribution is 2.51. The number of rotatable bonds is 4. The van der Waals surface area contributed by atoms with Gasteiger partial charge in [-0.1, -0.05) is 18.2 Å². The number of fused-ring (bicyclic) bond motifs is 2. The molecule has 1 spiro atoms. The van der Waals surface area contributed by atoms with Crippen LogP contribution in [0, 0.1) is 6.92 Å². The van der Waals surface area contributed by atoms with Crippen molar-refractivity contribution in [3.63, 3.8) is 0 Å². The number of sulfonamides is 2. The molecule has 3 aliphatic rings. The Labute approximate surface area is 169 Å². The third-order valence-electron chi connectivity index (χ3n) is 5.92. The summed E-state index contributed by atoms with van der Waals surface area (Å²) in [5.41, 5.74) is 0.534. The minimum atomic E-state index is -3.72. The zero-order valence-corrected chi connectivity index (χ0v) is 17.9. The fraction of sp³-hybridized carbons (Fsp3) is 0.500. The van der Waals surface area contributed by atoms with Crippen LogP contribution in [0.1, 0.15) is 35.5 Å². The van der Waals surface area contributed by atoms with Crippen molar-refractivity contribution in [1.82, 2.24) is 13.6 Å². The molecular formula is C18H21N3O4S3. The molecule has 1 atom stereocenters. The molecule has 0 radical (unpaired) electrons. The Hall–Kier alpha value is -1.33. The van der Waals surface area contributed by atoms with Gasteiger partial charge in [0.25, 0.3) is 0 Å². The van der Waals surface area contributed by atoms with Gasteiger partial charge in [-0.25, -0.2) is 21.8 Å². The lowest BCUT2D eigenvalue weighted by Crippen LogP contribution is -2.46. The summed E-state index contributed by atoms with van der Waals surface area (Å²) in [5, 5.41) is 2.45. The van der Waals surface area contributed by atoms with Crippen molar-refractivity contribution in [1.29, 1.82) is 0 Å². The molecule has 0 unspecified atom stereocenters. The van der Waals surface area contributed by atoms with Crippen molar-refractivity contribution in [3.05, 3.63) is 45.9 Å². The molecule has 28 heavy (non-hydrogen) atoms. The van der Waals surface area contributed by atoms with Gasteiger partial charge in [-0.3, -0.25) is 0 Å². The highest BCUT2D eigenvalue weighted by atomic mass is 32.2. The van der Waals surface area contributed by atoms with E-state index in [1.54, 1.807) is 12.1 Å². The van der Waals surface area contributed by atoms with Crippen molar-refractivity contribution < 1.29 is 16.8 Å². The Morgan fingerprint density at radius 3 is 2.71 bits per heavy atom. The lowest BCUT2D eigenvalue weighted by molar-refractivity contribution is 0.202. The number of thiazole rings is 1. The lowest BCUT2D eigenvalue weighted by Gasteiger charge is -2.33. The van der Waals surface area contributed by atoms with Crippen molar-refractivity contribution in [3.8, 4) is 0 Å². The van der Waals surface area contributed by atoms with Crippen molar-refractivity contribution in [2.24, 2.45) is 0 Å². The quantitative estimate of drug-likeness (QED) is 0.728. The van der Waals surface area contributed by atoms with E-state index in [1.165, 1.54) is 19.9 Å². The summed E-state index contributed by atoms with van der Waals surface area (Å²) >= 11 is 1.48. The fourth-order valence-electron chi connectivity index (χ4n) is 4.40. The molecule has 1 saturated heterocycles. The van der Waals surface area contributed by atoms with E-state index < -0.39 is 25.6 Å². The molecule has 10 heteroatoms. The molecule has 150 valence electrons. The summed E-state index contributed by atoms with van der Waals surface area (Å²) in [6.45, 7) is 2.55. The van der Waals surface area contributed by atoms with Crippen LogP contribution in [-0.2, 0) is 32.1 Å². The monoisotopic (exact) mass is 439 g/mol. The van der Waals surface area contributed by atoms with Crippen LogP contribution in [0.25, 0.3) is 0 Å². The van der Waals surface area contributed by atoms with Gasteiger partial charge in [0.05, 0.1) is 32.9 Å². The Morgan fingerprint density at radius 2 is 2.04 bits per heavy atom. The molecule has 1 aromatic carbocycles. The standard InChI is InChI=1S/C18H21N3O4S3/c1-13-19-14(11-26-13)10-21-18(16-4-2-3-5-17(16)28(21,24)25)8-9-20(12-18)27(22,23)15-6-7-15/h2-5,11,15H,6-10,12H2,1H3/t18-/m1/s1. The normalized spacial score (nSPS) is 27.5. The molecule has 2 aliphatic heterocycles. The third kappa shape index (κ3) is 2.62. The molecule has 5 rings (SSSR count). The van der Waals surface area contributed by atoms with Crippen LogP contribution in [0.3, 0.4) is 0 Å². The molecule has 2 aromatic rings. The molecular weight excluding hydrogens is 418 g/mol. The topological polar surface area (TPSA) is 87.7 Å². The number of aryl methyl sites for hydroxylation is 1. The first-order valence-corrected chi connectivity index (χ1v) is 13.1. The Morgan fingerprint density at radius 1 is 1.29 bits per heavy atom. The molecule has 2 fully saturated rings. The molecule has 0 amide bonds. The molecule has 7 nitrogen and oxygen atoms in total. The van der Waals surface area contributed by atoms with E-state index in [2.05, 4.69) is 4.98 Å². The molecule has 3 heterocycles. The summed E-state index contributed by atoms with van der Waals surface area (Å²) < 4.78 is 55.4. The first kappa shape index (κ1) is 18.7. The molecule has 0 N–H and O–H groups in total. The van der Waals surface area contributed by atoms with Crippen molar-refractivity contribution in [2.75, 3.05) is 13.1 Å². The maximum absolute atomic E-state index is 13.4. The number of hydrogen-bond acceptors (Lipinski definition) is 6. The van der Waals surface area contributed by atoms with E-state index in [1.807, 2.05) is 24.4 Å². The Balaban J connectivity index is 1.61. The third-order valence-corrected chi connectivity index (χ3v) is 11.1. The van der Waals surface area contributed by atoms with Gasteiger partial charge in [-0.05, 0) is 37.8 Å². The lowest BCUT2D eigenvalue weighted by atomic mass is 9.89. The predicted molar refractivity (Wildman–Crippen MR) is 106 cm³/mol.